The summed E-state index contributed by atoms with van der Waals surface area (Å²) < 4.78 is 9.34. The van der Waals surface area contributed by atoms with Crippen molar-refractivity contribution in [1.29, 1.82) is 0 Å². The highest BCUT2D eigenvalue weighted by atomic mass is 16.5. The highest BCUT2D eigenvalue weighted by molar-refractivity contribution is 5.75. The average Bonchev–Trinajstić information content (AvgIpc) is 2.16. The van der Waals surface area contributed by atoms with Crippen molar-refractivity contribution in [2.24, 2.45) is 0 Å². The first-order valence-electron chi connectivity index (χ1n) is 4.97. The van der Waals surface area contributed by atoms with Crippen LogP contribution < -0.4 is 0 Å². The Hall–Kier alpha value is -1.10. The van der Waals surface area contributed by atoms with Gasteiger partial charge >= 0.3 is 11.9 Å². The Morgan fingerprint density at radius 2 is 1.73 bits per heavy atom. The molecule has 0 aliphatic rings. The summed E-state index contributed by atoms with van der Waals surface area (Å²) in [6, 6.07) is 0.0912. The van der Waals surface area contributed by atoms with Crippen LogP contribution in [-0.2, 0) is 19.1 Å². The largest absolute Gasteiger partial charge is 0.468 e. The van der Waals surface area contributed by atoms with Crippen LogP contribution >= 0.6 is 0 Å². The van der Waals surface area contributed by atoms with Gasteiger partial charge in [-0.25, -0.2) is 0 Å². The molecule has 5 nitrogen and oxygen atoms in total. The standard InChI is InChI=1S/C10H19NO4/c1-5-15-10(13)7-11(8(2)3)6-9(12)14-4/h8H,5-7H2,1-4H3. The van der Waals surface area contributed by atoms with Gasteiger partial charge in [-0.15, -0.1) is 0 Å². The van der Waals surface area contributed by atoms with Crippen molar-refractivity contribution >= 4 is 11.9 Å². The van der Waals surface area contributed by atoms with E-state index in [1.54, 1.807) is 11.8 Å². The molecule has 5 heteroatoms. The lowest BCUT2D eigenvalue weighted by atomic mass is 10.3. The Bertz CT molecular complexity index is 215. The second-order valence-electron chi connectivity index (χ2n) is 3.38. The summed E-state index contributed by atoms with van der Waals surface area (Å²) in [6.07, 6.45) is 0. The molecule has 0 aliphatic carbocycles. The lowest BCUT2D eigenvalue weighted by Gasteiger charge is -2.23. The van der Waals surface area contributed by atoms with E-state index in [1.807, 2.05) is 13.8 Å². The zero-order valence-electron chi connectivity index (χ0n) is 9.78. The Morgan fingerprint density at radius 3 is 2.13 bits per heavy atom. The van der Waals surface area contributed by atoms with E-state index in [4.69, 9.17) is 4.74 Å². The molecule has 0 saturated carbocycles. The van der Waals surface area contributed by atoms with E-state index in [9.17, 15) is 9.59 Å². The predicted molar refractivity (Wildman–Crippen MR) is 55.4 cm³/mol. The number of methoxy groups -OCH3 is 1. The smallest absolute Gasteiger partial charge is 0.320 e. The van der Waals surface area contributed by atoms with Gasteiger partial charge in [0.15, 0.2) is 0 Å². The highest BCUT2D eigenvalue weighted by Gasteiger charge is 2.18. The van der Waals surface area contributed by atoms with Gasteiger partial charge in [0.2, 0.25) is 0 Å². The van der Waals surface area contributed by atoms with Gasteiger partial charge in [0.25, 0.3) is 0 Å². The Balaban J connectivity index is 4.16. The minimum absolute atomic E-state index is 0.0912. The summed E-state index contributed by atoms with van der Waals surface area (Å²) >= 11 is 0. The molecule has 88 valence electrons. The maximum atomic E-state index is 11.2. The molecule has 0 fully saturated rings. The van der Waals surface area contributed by atoms with Crippen LogP contribution in [0.15, 0.2) is 0 Å². The predicted octanol–water partition coefficient (Wildman–Crippen LogP) is 0.433. The molecule has 0 rings (SSSR count). The Labute approximate surface area is 90.3 Å². The number of carbonyl (C=O) groups excluding carboxylic acids is 2. The SMILES string of the molecule is CCOC(=O)CN(CC(=O)OC)C(C)C. The molecule has 0 bridgehead atoms. The van der Waals surface area contributed by atoms with E-state index in [1.165, 1.54) is 7.11 Å². The number of hydrogen-bond donors (Lipinski definition) is 0. The molecule has 0 amide bonds. The zero-order valence-corrected chi connectivity index (χ0v) is 9.78. The van der Waals surface area contributed by atoms with Gasteiger partial charge in [0.05, 0.1) is 26.8 Å². The third-order valence-corrected chi connectivity index (χ3v) is 1.93. The fraction of sp³-hybridized carbons (Fsp3) is 0.800. The molecule has 0 spiro atoms. The van der Waals surface area contributed by atoms with Crippen LogP contribution in [-0.4, -0.2) is 49.7 Å². The van der Waals surface area contributed by atoms with Crippen molar-refractivity contribution in [2.75, 3.05) is 26.8 Å². The fourth-order valence-corrected chi connectivity index (χ4v) is 1.02. The third-order valence-electron chi connectivity index (χ3n) is 1.93. The van der Waals surface area contributed by atoms with Crippen molar-refractivity contribution in [2.45, 2.75) is 26.8 Å². The molecule has 0 saturated heterocycles. The van der Waals surface area contributed by atoms with E-state index in [0.29, 0.717) is 6.61 Å². The van der Waals surface area contributed by atoms with E-state index in [-0.39, 0.29) is 31.1 Å². The molecule has 0 aliphatic heterocycles. The monoisotopic (exact) mass is 217 g/mol. The van der Waals surface area contributed by atoms with E-state index in [2.05, 4.69) is 4.74 Å². The number of hydrogen-bond acceptors (Lipinski definition) is 5. The normalized spacial score (nSPS) is 10.5. The van der Waals surface area contributed by atoms with E-state index in [0.717, 1.165) is 0 Å². The summed E-state index contributed by atoms with van der Waals surface area (Å²) in [5.41, 5.74) is 0. The summed E-state index contributed by atoms with van der Waals surface area (Å²) in [5, 5.41) is 0. The second-order valence-corrected chi connectivity index (χ2v) is 3.38. The number of esters is 2. The zero-order chi connectivity index (χ0) is 11.8. The number of rotatable bonds is 6. The van der Waals surface area contributed by atoms with Gasteiger partial charge in [0.1, 0.15) is 0 Å². The van der Waals surface area contributed by atoms with Gasteiger partial charge in [0, 0.05) is 6.04 Å². The van der Waals surface area contributed by atoms with Crippen LogP contribution in [0.25, 0.3) is 0 Å². The number of carbonyl (C=O) groups is 2. The first-order chi connectivity index (χ1) is 7.01. The Kier molecular flexibility index (Phi) is 6.70. The topological polar surface area (TPSA) is 55.8 Å². The van der Waals surface area contributed by atoms with Crippen LogP contribution in [0.2, 0.25) is 0 Å². The molecular weight excluding hydrogens is 198 g/mol. The van der Waals surface area contributed by atoms with Crippen LogP contribution in [0.4, 0.5) is 0 Å². The molecule has 15 heavy (non-hydrogen) atoms. The van der Waals surface area contributed by atoms with Crippen molar-refractivity contribution in [3.05, 3.63) is 0 Å². The molecule has 0 aromatic heterocycles. The van der Waals surface area contributed by atoms with Gasteiger partial charge in [-0.05, 0) is 20.8 Å². The fourth-order valence-electron chi connectivity index (χ4n) is 1.02. The van der Waals surface area contributed by atoms with E-state index >= 15 is 0 Å². The van der Waals surface area contributed by atoms with Gasteiger partial charge < -0.3 is 9.47 Å². The third kappa shape index (κ3) is 6.06. The maximum Gasteiger partial charge on any atom is 0.320 e. The van der Waals surface area contributed by atoms with E-state index < -0.39 is 0 Å². The summed E-state index contributed by atoms with van der Waals surface area (Å²) in [5.74, 6) is -0.678. The van der Waals surface area contributed by atoms with Gasteiger partial charge in [-0.2, -0.15) is 0 Å². The highest BCUT2D eigenvalue weighted by Crippen LogP contribution is 1.99. The first kappa shape index (κ1) is 13.9. The molecular formula is C10H19NO4. The Morgan fingerprint density at radius 1 is 1.20 bits per heavy atom. The quantitative estimate of drug-likeness (QED) is 0.604. The lowest BCUT2D eigenvalue weighted by molar-refractivity contribution is -0.147. The summed E-state index contributed by atoms with van der Waals surface area (Å²) in [4.78, 5) is 24.0. The van der Waals surface area contributed by atoms with Gasteiger partial charge in [-0.1, -0.05) is 0 Å². The molecule has 0 aromatic rings. The van der Waals surface area contributed by atoms with Crippen LogP contribution in [0.1, 0.15) is 20.8 Å². The first-order valence-corrected chi connectivity index (χ1v) is 4.97. The van der Waals surface area contributed by atoms with Crippen molar-refractivity contribution in [3.63, 3.8) is 0 Å². The molecule has 0 unspecified atom stereocenters. The van der Waals surface area contributed by atoms with Crippen LogP contribution in [0.5, 0.6) is 0 Å². The summed E-state index contributed by atoms with van der Waals surface area (Å²) in [6.45, 7) is 6.12. The minimum atomic E-state index is -0.354. The molecule has 0 radical (unpaired) electrons. The minimum Gasteiger partial charge on any atom is -0.468 e. The van der Waals surface area contributed by atoms with Crippen molar-refractivity contribution < 1.29 is 19.1 Å². The number of ether oxygens (including phenoxy) is 2. The number of nitrogens with zero attached hydrogens (tertiary/aromatic N) is 1. The lowest BCUT2D eigenvalue weighted by Crippen LogP contribution is -2.40. The average molecular weight is 217 g/mol. The van der Waals surface area contributed by atoms with Crippen molar-refractivity contribution in [3.8, 4) is 0 Å². The van der Waals surface area contributed by atoms with Crippen molar-refractivity contribution in [1.82, 2.24) is 4.90 Å². The second kappa shape index (κ2) is 7.23. The molecule has 0 N–H and O–H groups in total. The molecule has 0 heterocycles. The summed E-state index contributed by atoms with van der Waals surface area (Å²) in [7, 11) is 1.32. The molecule has 0 aromatic carbocycles. The maximum absolute atomic E-state index is 11.2. The van der Waals surface area contributed by atoms with Gasteiger partial charge in [-0.3, -0.25) is 14.5 Å². The molecule has 0 atom stereocenters. The van der Waals surface area contributed by atoms with Crippen LogP contribution in [0.3, 0.4) is 0 Å². The van der Waals surface area contributed by atoms with Crippen LogP contribution in [0, 0.1) is 0 Å².